The zero-order valence-electron chi connectivity index (χ0n) is 59.6. The molecule has 0 rings (SSSR count). The van der Waals surface area contributed by atoms with Crippen molar-refractivity contribution in [3.63, 3.8) is 0 Å². The van der Waals surface area contributed by atoms with E-state index in [9.17, 15) is 19.0 Å². The molecule has 0 aromatic heterocycles. The molecular formula is C79H147N2O7P. The number of nitrogens with zero attached hydrogens (tertiary/aromatic N) is 1. The molecular weight excluding hydrogens is 1120 g/mol. The zero-order valence-corrected chi connectivity index (χ0v) is 60.5. The monoisotopic (exact) mass is 1270 g/mol. The number of unbranched alkanes of at least 4 members (excludes halogenated alkanes) is 44. The number of carbonyl (C=O) groups is 2. The predicted molar refractivity (Wildman–Crippen MR) is 385 cm³/mol. The van der Waals surface area contributed by atoms with Gasteiger partial charge in [-0.2, -0.15) is 0 Å². The quantitative estimate of drug-likeness (QED) is 0.0212. The maximum absolute atomic E-state index is 13.6. The van der Waals surface area contributed by atoms with Gasteiger partial charge in [0.1, 0.15) is 19.3 Å². The van der Waals surface area contributed by atoms with Gasteiger partial charge in [-0.15, -0.1) is 0 Å². The molecule has 0 aliphatic carbocycles. The van der Waals surface area contributed by atoms with Crippen LogP contribution in [0.5, 0.6) is 0 Å². The fraction of sp³-hybridized carbons (Fsp3) is 0.823. The molecule has 0 radical (unpaired) electrons. The Morgan fingerprint density at radius 2 is 0.685 bits per heavy atom. The highest BCUT2D eigenvalue weighted by Gasteiger charge is 2.27. The lowest BCUT2D eigenvalue weighted by molar-refractivity contribution is -0.870. The third-order valence-electron chi connectivity index (χ3n) is 17.1. The lowest BCUT2D eigenvalue weighted by atomic mass is 10.0. The standard InChI is InChI=1S/C79H147N2O7P/c1-7-10-13-16-19-22-25-28-30-32-34-36-38-40-42-44-46-48-50-53-56-59-62-65-68-71-78(82)80-76(75-87-89(84,85)86-74-73-81(4,5)6)77(70-67-64-61-58-55-52-27-24-21-18-15-12-9-3)88-79(83)72-69-66-63-60-57-54-51-49-47-45-43-41-39-37-35-33-31-29-26-23-20-17-14-11-8-2/h19,22,28-31,34,36,40,42,67,70,76-77H,7-18,20-21,23-27,32-33,35,37-39,41,43-66,68-69,71-75H2,1-6H3,(H-,80,82,84,85)/b22-19-,30-28-,31-29+,36-34-,42-40-,70-67+. The van der Waals surface area contributed by atoms with E-state index in [-0.39, 0.29) is 24.9 Å². The fourth-order valence-electron chi connectivity index (χ4n) is 11.2. The molecule has 0 aromatic carbocycles. The molecule has 0 bridgehead atoms. The van der Waals surface area contributed by atoms with Crippen LogP contribution in [0.1, 0.15) is 367 Å². The summed E-state index contributed by atoms with van der Waals surface area (Å²) in [7, 11) is 1.19. The summed E-state index contributed by atoms with van der Waals surface area (Å²) < 4.78 is 30.5. The van der Waals surface area contributed by atoms with E-state index in [2.05, 4.69) is 86.8 Å². The molecule has 0 aromatic rings. The fourth-order valence-corrected chi connectivity index (χ4v) is 11.9. The normalized spacial score (nSPS) is 13.8. The third kappa shape index (κ3) is 69.6. The topological polar surface area (TPSA) is 114 Å². The zero-order chi connectivity index (χ0) is 64.9. The molecule has 0 spiro atoms. The Labute approximate surface area is 553 Å². The van der Waals surface area contributed by atoms with Crippen LogP contribution >= 0.6 is 7.82 Å². The van der Waals surface area contributed by atoms with Gasteiger partial charge >= 0.3 is 5.97 Å². The van der Waals surface area contributed by atoms with E-state index in [1.54, 1.807) is 0 Å². The van der Waals surface area contributed by atoms with Crippen molar-refractivity contribution in [2.45, 2.75) is 380 Å². The van der Waals surface area contributed by atoms with Gasteiger partial charge in [0.25, 0.3) is 7.82 Å². The van der Waals surface area contributed by atoms with Gasteiger partial charge < -0.3 is 28.5 Å². The van der Waals surface area contributed by atoms with Crippen molar-refractivity contribution >= 4 is 19.7 Å². The van der Waals surface area contributed by atoms with E-state index in [4.69, 9.17) is 13.8 Å². The molecule has 89 heavy (non-hydrogen) atoms. The molecule has 0 heterocycles. The SMILES string of the molecule is CCCCC/C=C\C/C=C\C/C=C\C/C=C\CCCCCCCCCCCC(=O)NC(COP(=O)([O-])OCC[N+](C)(C)C)C(/C=C/CCCCCCCCCCCCC)OC(=O)CCCCCCCCCCCCCCCCC/C=C/CCCCCCCC. The average Bonchev–Trinajstić information content (AvgIpc) is 3.67. The summed E-state index contributed by atoms with van der Waals surface area (Å²) in [5.74, 6) is -0.534. The Morgan fingerprint density at radius 3 is 1.06 bits per heavy atom. The van der Waals surface area contributed by atoms with Gasteiger partial charge in [-0.05, 0) is 102 Å². The third-order valence-corrected chi connectivity index (χ3v) is 18.1. The van der Waals surface area contributed by atoms with Crippen LogP contribution in [0.4, 0.5) is 0 Å². The number of hydrogen-bond donors (Lipinski definition) is 1. The Hall–Kier alpha value is -2.55. The van der Waals surface area contributed by atoms with E-state index >= 15 is 0 Å². The van der Waals surface area contributed by atoms with Gasteiger partial charge in [0.2, 0.25) is 5.91 Å². The Balaban J connectivity index is 5.03. The molecule has 10 heteroatoms. The van der Waals surface area contributed by atoms with Crippen LogP contribution in [0, 0.1) is 0 Å². The number of phosphoric acid groups is 1. The average molecular weight is 1270 g/mol. The molecule has 0 aliphatic heterocycles. The van der Waals surface area contributed by atoms with Crippen molar-refractivity contribution in [3.8, 4) is 0 Å². The lowest BCUT2D eigenvalue weighted by Gasteiger charge is -2.30. The molecule has 3 atom stereocenters. The van der Waals surface area contributed by atoms with Gasteiger partial charge in [0.15, 0.2) is 0 Å². The highest BCUT2D eigenvalue weighted by atomic mass is 31.2. The number of ether oxygens (including phenoxy) is 1. The maximum Gasteiger partial charge on any atom is 0.306 e. The smallest absolute Gasteiger partial charge is 0.306 e. The van der Waals surface area contributed by atoms with Crippen LogP contribution in [0.15, 0.2) is 72.9 Å². The minimum absolute atomic E-state index is 0.0242. The van der Waals surface area contributed by atoms with Gasteiger partial charge in [-0.25, -0.2) is 0 Å². The second-order valence-corrected chi connectivity index (χ2v) is 28.6. The number of hydrogen-bond acceptors (Lipinski definition) is 7. The molecule has 0 saturated heterocycles. The van der Waals surface area contributed by atoms with Crippen molar-refractivity contribution < 1.29 is 37.3 Å². The number of likely N-dealkylation sites (N-methyl/N-ethyl adjacent to an activating group) is 1. The minimum atomic E-state index is -4.71. The summed E-state index contributed by atoms with van der Waals surface area (Å²) in [5.41, 5.74) is 0. The summed E-state index contributed by atoms with van der Waals surface area (Å²) in [6.45, 7) is 6.86. The van der Waals surface area contributed by atoms with Gasteiger partial charge in [-0.1, -0.05) is 325 Å². The van der Waals surface area contributed by atoms with Crippen LogP contribution < -0.4 is 10.2 Å². The van der Waals surface area contributed by atoms with E-state index in [1.165, 1.54) is 244 Å². The molecule has 1 amide bonds. The van der Waals surface area contributed by atoms with Crippen molar-refractivity contribution in [3.05, 3.63) is 72.9 Å². The predicted octanol–water partition coefficient (Wildman–Crippen LogP) is 24.1. The van der Waals surface area contributed by atoms with E-state index in [1.807, 2.05) is 33.3 Å². The molecule has 3 unspecified atom stereocenters. The number of esters is 1. The second-order valence-electron chi connectivity index (χ2n) is 27.1. The van der Waals surface area contributed by atoms with E-state index in [0.717, 1.165) is 89.9 Å². The van der Waals surface area contributed by atoms with Gasteiger partial charge in [0, 0.05) is 12.8 Å². The van der Waals surface area contributed by atoms with Gasteiger partial charge in [-0.3, -0.25) is 14.2 Å². The Kier molecular flexibility index (Phi) is 66.4. The maximum atomic E-state index is 13.6. The minimum Gasteiger partial charge on any atom is -0.756 e. The number of amides is 1. The van der Waals surface area contributed by atoms with Crippen LogP contribution in [0.3, 0.4) is 0 Å². The number of phosphoric ester groups is 1. The first kappa shape index (κ1) is 86.5. The highest BCUT2D eigenvalue weighted by molar-refractivity contribution is 7.45. The van der Waals surface area contributed by atoms with E-state index in [0.29, 0.717) is 17.4 Å². The van der Waals surface area contributed by atoms with Crippen molar-refractivity contribution in [2.75, 3.05) is 40.9 Å². The first-order valence-electron chi connectivity index (χ1n) is 38.2. The van der Waals surface area contributed by atoms with Crippen LogP contribution in [0.25, 0.3) is 0 Å². The summed E-state index contributed by atoms with van der Waals surface area (Å²) in [6.07, 6.45) is 90.3. The summed E-state index contributed by atoms with van der Waals surface area (Å²) in [6, 6.07) is -0.895. The lowest BCUT2D eigenvalue weighted by Crippen LogP contribution is -2.47. The van der Waals surface area contributed by atoms with Crippen molar-refractivity contribution in [2.24, 2.45) is 0 Å². The summed E-state index contributed by atoms with van der Waals surface area (Å²) in [5, 5.41) is 3.05. The van der Waals surface area contributed by atoms with Crippen LogP contribution in [0.2, 0.25) is 0 Å². The molecule has 0 saturated carbocycles. The largest absolute Gasteiger partial charge is 0.756 e. The highest BCUT2D eigenvalue weighted by Crippen LogP contribution is 2.38. The number of allylic oxidation sites excluding steroid dienone is 11. The van der Waals surface area contributed by atoms with Gasteiger partial charge in [0.05, 0.1) is 33.8 Å². The molecule has 0 aliphatic rings. The van der Waals surface area contributed by atoms with Crippen molar-refractivity contribution in [1.82, 2.24) is 5.32 Å². The van der Waals surface area contributed by atoms with Crippen LogP contribution in [-0.4, -0.2) is 69.4 Å². The van der Waals surface area contributed by atoms with Crippen LogP contribution in [-0.2, 0) is 27.9 Å². The first-order chi connectivity index (χ1) is 43.4. The number of carbonyl (C=O) groups excluding carboxylic acids is 2. The number of nitrogens with one attached hydrogen (secondary N) is 1. The Morgan fingerprint density at radius 1 is 0.393 bits per heavy atom. The molecule has 1 N–H and O–H groups in total. The first-order valence-corrected chi connectivity index (χ1v) is 39.7. The summed E-state index contributed by atoms with van der Waals surface area (Å²) >= 11 is 0. The van der Waals surface area contributed by atoms with E-state index < -0.39 is 26.6 Å². The van der Waals surface area contributed by atoms with Crippen molar-refractivity contribution in [1.29, 1.82) is 0 Å². The Bertz CT molecular complexity index is 1750. The molecule has 9 nitrogen and oxygen atoms in total. The molecule has 0 fully saturated rings. The second kappa shape index (κ2) is 68.3. The molecule has 520 valence electrons. The number of quaternary nitrogens is 1. The summed E-state index contributed by atoms with van der Waals surface area (Å²) in [4.78, 5) is 40.3. The number of rotatable bonds is 70.